The van der Waals surface area contributed by atoms with Crippen molar-refractivity contribution in [3.05, 3.63) is 88.1 Å². The number of benzene rings is 2. The van der Waals surface area contributed by atoms with Crippen LogP contribution in [0, 0.1) is 5.82 Å². The van der Waals surface area contributed by atoms with Gasteiger partial charge in [0.1, 0.15) is 17.6 Å². The Morgan fingerprint density at radius 1 is 1.21 bits per heavy atom. The summed E-state index contributed by atoms with van der Waals surface area (Å²) in [5, 5.41) is 22.0. The summed E-state index contributed by atoms with van der Waals surface area (Å²) in [5.74, 6) is -0.665. The highest BCUT2D eigenvalue weighted by Gasteiger charge is 2.45. The molecule has 1 aliphatic heterocycles. The van der Waals surface area contributed by atoms with Crippen molar-refractivity contribution in [1.29, 1.82) is 0 Å². The lowest BCUT2D eigenvalue weighted by Gasteiger charge is -2.37. The first-order valence-corrected chi connectivity index (χ1v) is 10.5. The van der Waals surface area contributed by atoms with Crippen LogP contribution in [0.3, 0.4) is 0 Å². The van der Waals surface area contributed by atoms with Gasteiger partial charge >= 0.3 is 6.03 Å². The second kappa shape index (κ2) is 9.05. The fourth-order valence-electron chi connectivity index (χ4n) is 3.46. The van der Waals surface area contributed by atoms with E-state index in [9.17, 15) is 19.1 Å². The number of anilines is 2. The third-order valence-electron chi connectivity index (χ3n) is 5.41. The van der Waals surface area contributed by atoms with Crippen LogP contribution in [0.2, 0.25) is 5.02 Å². The zero-order chi connectivity index (χ0) is 23.6. The average molecular weight is 470 g/mol. The number of aliphatic hydroxyl groups excluding tert-OH is 1. The molecule has 33 heavy (non-hydrogen) atoms. The molecular formula is C23H21ClFN5O3. The van der Waals surface area contributed by atoms with Gasteiger partial charge in [0.05, 0.1) is 11.4 Å². The number of hydrogen-bond acceptors (Lipinski definition) is 5. The first kappa shape index (κ1) is 22.5. The Morgan fingerprint density at radius 3 is 2.67 bits per heavy atom. The van der Waals surface area contributed by atoms with Crippen molar-refractivity contribution in [3.63, 3.8) is 0 Å². The number of nitrogens with one attached hydrogen (secondary N) is 2. The third kappa shape index (κ3) is 4.59. The Hall–Kier alpha value is -3.69. The Bertz CT molecular complexity index is 1260. The zero-order valence-electron chi connectivity index (χ0n) is 17.6. The maximum Gasteiger partial charge on any atom is 0.342 e. The van der Waals surface area contributed by atoms with E-state index in [4.69, 9.17) is 11.6 Å². The van der Waals surface area contributed by atoms with Gasteiger partial charge in [-0.05, 0) is 49.4 Å². The first-order chi connectivity index (χ1) is 15.8. The second-order valence-corrected chi connectivity index (χ2v) is 8.16. The standard InChI is InChI=1S/C23H21ClFN5O3/c1-23(11-12-26-30(23)22(33)27-16-7-5-15(24)6-8-16)21(32)28-19-10-9-17(14-18(19)25)29-13-3-2-4-20(29)31/h2-10,12-14,21,28,32H,11H2,1H3,(H,27,33)/t21?,23-/m1/s1. The van der Waals surface area contributed by atoms with Crippen LogP contribution < -0.4 is 16.2 Å². The second-order valence-electron chi connectivity index (χ2n) is 7.73. The topological polar surface area (TPSA) is 99.0 Å². The number of pyridine rings is 1. The lowest BCUT2D eigenvalue weighted by Crippen LogP contribution is -2.56. The van der Waals surface area contributed by atoms with Gasteiger partial charge in [0.2, 0.25) is 0 Å². The van der Waals surface area contributed by atoms with Crippen molar-refractivity contribution in [2.24, 2.45) is 5.10 Å². The molecule has 1 unspecified atom stereocenters. The summed E-state index contributed by atoms with van der Waals surface area (Å²) in [6.07, 6.45) is 1.94. The maximum atomic E-state index is 14.8. The van der Waals surface area contributed by atoms with E-state index in [2.05, 4.69) is 15.7 Å². The van der Waals surface area contributed by atoms with E-state index in [-0.39, 0.29) is 17.7 Å². The molecule has 0 aliphatic carbocycles. The lowest BCUT2D eigenvalue weighted by molar-refractivity contribution is 0.0362. The van der Waals surface area contributed by atoms with Gasteiger partial charge in [-0.2, -0.15) is 5.10 Å². The Morgan fingerprint density at radius 2 is 1.97 bits per heavy atom. The third-order valence-corrected chi connectivity index (χ3v) is 5.66. The predicted octanol–water partition coefficient (Wildman–Crippen LogP) is 4.04. The van der Waals surface area contributed by atoms with Gasteiger partial charge in [-0.25, -0.2) is 14.2 Å². The minimum Gasteiger partial charge on any atom is -0.371 e. The van der Waals surface area contributed by atoms with Gasteiger partial charge in [-0.1, -0.05) is 17.7 Å². The van der Waals surface area contributed by atoms with Crippen LogP contribution in [-0.2, 0) is 0 Å². The number of nitrogens with zero attached hydrogens (tertiary/aromatic N) is 3. The number of rotatable bonds is 5. The number of carbonyl (C=O) groups excluding carboxylic acids is 1. The lowest BCUT2D eigenvalue weighted by atomic mass is 9.96. The van der Waals surface area contributed by atoms with Crippen LogP contribution in [0.5, 0.6) is 0 Å². The van der Waals surface area contributed by atoms with Crippen LogP contribution in [0.25, 0.3) is 5.69 Å². The van der Waals surface area contributed by atoms with Crippen molar-refractivity contribution in [2.75, 3.05) is 10.6 Å². The van der Waals surface area contributed by atoms with Crippen molar-refractivity contribution in [2.45, 2.75) is 25.1 Å². The molecule has 1 aliphatic rings. The molecule has 170 valence electrons. The molecule has 8 nitrogen and oxygen atoms in total. The molecule has 0 spiro atoms. The van der Waals surface area contributed by atoms with E-state index in [0.717, 1.165) is 5.01 Å². The SMILES string of the molecule is C[C@]1(C(O)Nc2ccc(-n3ccccc3=O)cc2F)CC=NN1C(=O)Nc1ccc(Cl)cc1. The molecule has 10 heteroatoms. The van der Waals surface area contributed by atoms with Gasteiger partial charge in [0, 0.05) is 41.7 Å². The molecule has 3 N–H and O–H groups in total. The van der Waals surface area contributed by atoms with Gasteiger partial charge in [-0.3, -0.25) is 9.36 Å². The molecule has 0 saturated carbocycles. The average Bonchev–Trinajstić information content (AvgIpc) is 3.20. The number of amides is 2. The predicted molar refractivity (Wildman–Crippen MR) is 125 cm³/mol. The van der Waals surface area contributed by atoms with Crippen LogP contribution in [0.4, 0.5) is 20.6 Å². The van der Waals surface area contributed by atoms with E-state index >= 15 is 0 Å². The van der Waals surface area contributed by atoms with Crippen LogP contribution in [0.1, 0.15) is 13.3 Å². The highest BCUT2D eigenvalue weighted by molar-refractivity contribution is 6.30. The monoisotopic (exact) mass is 469 g/mol. The van der Waals surface area contributed by atoms with Crippen molar-refractivity contribution < 1.29 is 14.3 Å². The highest BCUT2D eigenvalue weighted by atomic mass is 35.5. The molecule has 4 rings (SSSR count). The molecule has 2 amide bonds. The summed E-state index contributed by atoms with van der Waals surface area (Å²) < 4.78 is 16.1. The molecule has 2 aromatic carbocycles. The summed E-state index contributed by atoms with van der Waals surface area (Å²) >= 11 is 5.87. The van der Waals surface area contributed by atoms with Gasteiger partial charge in [0.25, 0.3) is 5.56 Å². The molecule has 3 aromatic rings. The molecule has 1 aromatic heterocycles. The fourth-order valence-corrected chi connectivity index (χ4v) is 3.59. The normalized spacial score (nSPS) is 18.2. The minimum atomic E-state index is -1.35. The molecular weight excluding hydrogens is 449 g/mol. The van der Waals surface area contributed by atoms with Crippen molar-refractivity contribution in [3.8, 4) is 5.69 Å². The summed E-state index contributed by atoms with van der Waals surface area (Å²) in [5.41, 5.74) is -0.610. The number of aromatic nitrogens is 1. The largest absolute Gasteiger partial charge is 0.371 e. The molecule has 0 radical (unpaired) electrons. The van der Waals surface area contributed by atoms with E-state index in [1.165, 1.54) is 35.2 Å². The Labute approximate surface area is 193 Å². The highest BCUT2D eigenvalue weighted by Crippen LogP contribution is 2.31. The summed E-state index contributed by atoms with van der Waals surface area (Å²) in [4.78, 5) is 24.8. The fraction of sp³-hybridized carbons (Fsp3) is 0.174. The van der Waals surface area contributed by atoms with E-state index in [1.807, 2.05) is 0 Å². The number of halogens is 2. The molecule has 2 atom stereocenters. The summed E-state index contributed by atoms with van der Waals surface area (Å²) in [7, 11) is 0. The van der Waals surface area contributed by atoms with Crippen molar-refractivity contribution in [1.82, 2.24) is 9.58 Å². The van der Waals surface area contributed by atoms with E-state index in [1.54, 1.807) is 49.4 Å². The summed E-state index contributed by atoms with van der Waals surface area (Å²) in [6.45, 7) is 1.63. The first-order valence-electron chi connectivity index (χ1n) is 10.1. The van der Waals surface area contributed by atoms with E-state index in [0.29, 0.717) is 16.4 Å². The molecule has 2 heterocycles. The maximum absolute atomic E-state index is 14.8. The number of aliphatic hydroxyl groups is 1. The van der Waals surface area contributed by atoms with Crippen LogP contribution in [-0.4, -0.2) is 38.7 Å². The molecule has 0 bridgehead atoms. The number of hydrogen-bond donors (Lipinski definition) is 3. The van der Waals surface area contributed by atoms with Gasteiger partial charge in [0.15, 0.2) is 0 Å². The van der Waals surface area contributed by atoms with Gasteiger partial charge < -0.3 is 15.7 Å². The minimum absolute atomic E-state index is 0.0152. The van der Waals surface area contributed by atoms with Crippen LogP contribution in [0.15, 0.2) is 76.8 Å². The van der Waals surface area contributed by atoms with Crippen molar-refractivity contribution >= 4 is 35.2 Å². The summed E-state index contributed by atoms with van der Waals surface area (Å²) in [6, 6.07) is 14.8. The molecule has 0 saturated heterocycles. The smallest absolute Gasteiger partial charge is 0.342 e. The number of carbonyl (C=O) groups is 1. The zero-order valence-corrected chi connectivity index (χ0v) is 18.3. The Kier molecular flexibility index (Phi) is 6.17. The van der Waals surface area contributed by atoms with Gasteiger partial charge in [-0.15, -0.1) is 0 Å². The number of hydrazone groups is 1. The van der Waals surface area contributed by atoms with Crippen LogP contribution >= 0.6 is 11.6 Å². The quantitative estimate of drug-likeness (QED) is 0.491. The molecule has 0 fully saturated rings. The number of urea groups is 1. The van der Waals surface area contributed by atoms with E-state index < -0.39 is 23.6 Å². The Balaban J connectivity index is 1.50.